The van der Waals surface area contributed by atoms with Crippen LogP contribution in [0.15, 0.2) is 23.2 Å². The molecule has 0 radical (unpaired) electrons. The van der Waals surface area contributed by atoms with E-state index in [1.54, 1.807) is 0 Å². The summed E-state index contributed by atoms with van der Waals surface area (Å²) in [6.07, 6.45) is 7.76. The molecule has 0 N–H and O–H groups in total. The van der Waals surface area contributed by atoms with Crippen LogP contribution < -0.4 is 0 Å². The topological polar surface area (TPSA) is 0 Å². The molecule has 0 aliphatic rings. The van der Waals surface area contributed by atoms with Crippen molar-refractivity contribution in [1.82, 2.24) is 0 Å². The van der Waals surface area contributed by atoms with Crippen molar-refractivity contribution < 1.29 is 0 Å². The van der Waals surface area contributed by atoms with E-state index in [0.29, 0.717) is 0 Å². The lowest BCUT2D eigenvalue weighted by Crippen LogP contribution is -2.08. The van der Waals surface area contributed by atoms with E-state index in [4.69, 9.17) is 0 Å². The Labute approximate surface area is 94.5 Å². The molecule has 0 bridgehead atoms. The molecule has 0 atom stereocenters. The second-order valence-corrected chi connectivity index (χ2v) is 7.31. The minimum Gasteiger partial charge on any atom is -0.144 e. The van der Waals surface area contributed by atoms with Gasteiger partial charge in [0, 0.05) is 0 Å². The van der Waals surface area contributed by atoms with Gasteiger partial charge in [0.2, 0.25) is 0 Å². The van der Waals surface area contributed by atoms with Gasteiger partial charge in [-0.05, 0) is 6.92 Å². The second-order valence-electron chi connectivity index (χ2n) is 4.25. The highest BCUT2D eigenvalue weighted by Crippen LogP contribution is 2.11. The van der Waals surface area contributed by atoms with Gasteiger partial charge in [0.25, 0.3) is 14.1 Å². The number of unbranched alkanes of at least 4 members (excludes halogenated alkanes) is 2. The van der Waals surface area contributed by atoms with Crippen molar-refractivity contribution in [2.75, 3.05) is 0 Å². The van der Waals surface area contributed by atoms with E-state index in [2.05, 4.69) is 38.4 Å². The Morgan fingerprint density at radius 3 is 2.00 bits per heavy atom. The van der Waals surface area contributed by atoms with Crippen LogP contribution in [-0.2, 0) is 0 Å². The van der Waals surface area contributed by atoms with Crippen LogP contribution in [0.5, 0.6) is 0 Å². The molecule has 0 saturated carbocycles. The predicted molar refractivity (Wildman–Crippen MR) is 69.1 cm³/mol. The normalized spacial score (nSPS) is 10.8. The first-order chi connectivity index (χ1) is 6.70. The lowest BCUT2D eigenvalue weighted by Gasteiger charge is -2.05. The summed E-state index contributed by atoms with van der Waals surface area (Å²) in [7, 11) is 0. The van der Waals surface area contributed by atoms with Gasteiger partial charge >= 0.3 is 0 Å². The van der Waals surface area contributed by atoms with Crippen molar-refractivity contribution in [1.29, 1.82) is 0 Å². The van der Waals surface area contributed by atoms with Gasteiger partial charge in [-0.15, -0.1) is 4.94 Å². The summed E-state index contributed by atoms with van der Waals surface area (Å²) in [4.78, 5) is 2.49. The Morgan fingerprint density at radius 2 is 1.64 bits per heavy atom. The maximum atomic E-state index is 3.92. The van der Waals surface area contributed by atoms with Gasteiger partial charge in [-0.1, -0.05) is 68.3 Å². The summed E-state index contributed by atoms with van der Waals surface area (Å²) < 4.78 is 0. The Kier molecular flexibility index (Phi) is 9.57. The highest BCUT2D eigenvalue weighted by atomic mass is 27.2. The Hall–Kier alpha value is 0.0125. The number of hydrogen-bond acceptors (Lipinski definition) is 0. The summed E-state index contributed by atoms with van der Waals surface area (Å²) in [5.74, 6) is 0. The fourth-order valence-corrected chi connectivity index (χ4v) is 4.71. The molecule has 0 unspecified atom stereocenters. The number of hydrogen-bond donors (Lipinski definition) is 0. The fraction of sp³-hybridized carbons (Fsp3) is 0.692. The zero-order valence-corrected chi connectivity index (χ0v) is 11.3. The van der Waals surface area contributed by atoms with Gasteiger partial charge in [0.1, 0.15) is 0 Å². The SMILES string of the molecule is C=C(C)C=[CH][Al]([CH2]CCC)[CH2]CCC. The molecular weight excluding hydrogens is 183 g/mol. The van der Waals surface area contributed by atoms with E-state index in [1.165, 1.54) is 41.8 Å². The minimum absolute atomic E-state index is 0.567. The van der Waals surface area contributed by atoms with E-state index in [9.17, 15) is 0 Å². The summed E-state index contributed by atoms with van der Waals surface area (Å²) in [6.45, 7) is 10.6. The standard InChI is InChI=1S/C5H7.2C4H9.Al/c1-4-5(2)3;2*1-3-4-2;/h1,4H,2H2,3H3;2*1,3-4H2,2H3;. The maximum Gasteiger partial charge on any atom is 0.294 e. The zero-order chi connectivity index (χ0) is 10.8. The monoisotopic (exact) mass is 208 g/mol. The van der Waals surface area contributed by atoms with Crippen LogP contribution >= 0.6 is 0 Å². The summed E-state index contributed by atoms with van der Waals surface area (Å²) in [6, 6.07) is 0. The third-order valence-electron chi connectivity index (χ3n) is 2.51. The molecule has 0 aromatic rings. The molecule has 80 valence electrons. The van der Waals surface area contributed by atoms with Crippen LogP contribution in [0.3, 0.4) is 0 Å². The molecule has 0 rings (SSSR count). The van der Waals surface area contributed by atoms with Gasteiger partial charge in [0.05, 0.1) is 0 Å². The molecule has 0 fully saturated rings. The molecule has 1 heteroatoms. The molecule has 0 nitrogen and oxygen atoms in total. The van der Waals surface area contributed by atoms with Gasteiger partial charge in [-0.25, -0.2) is 0 Å². The zero-order valence-electron chi connectivity index (χ0n) is 10.2. The molecule has 0 aliphatic heterocycles. The lowest BCUT2D eigenvalue weighted by molar-refractivity contribution is 0.845. The van der Waals surface area contributed by atoms with E-state index in [0.717, 1.165) is 0 Å². The molecule has 0 aromatic heterocycles. The average Bonchev–Trinajstić information content (AvgIpc) is 2.16. The number of rotatable bonds is 8. The van der Waals surface area contributed by atoms with Crippen molar-refractivity contribution >= 4 is 14.1 Å². The quantitative estimate of drug-likeness (QED) is 0.399. The van der Waals surface area contributed by atoms with Crippen LogP contribution in [-0.4, -0.2) is 14.1 Å². The van der Waals surface area contributed by atoms with Crippen LogP contribution in [0.4, 0.5) is 0 Å². The predicted octanol–water partition coefficient (Wildman–Crippen LogP) is 4.75. The average molecular weight is 208 g/mol. The third-order valence-corrected chi connectivity index (χ3v) is 5.55. The van der Waals surface area contributed by atoms with Crippen molar-refractivity contribution in [3.63, 3.8) is 0 Å². The molecule has 0 heterocycles. The largest absolute Gasteiger partial charge is 0.294 e. The molecule has 0 spiro atoms. The first-order valence-electron chi connectivity index (χ1n) is 6.04. The van der Waals surface area contributed by atoms with Crippen molar-refractivity contribution in [2.24, 2.45) is 0 Å². The Morgan fingerprint density at radius 1 is 1.14 bits per heavy atom. The van der Waals surface area contributed by atoms with E-state index < -0.39 is 14.1 Å². The molecule has 0 amide bonds. The molecule has 14 heavy (non-hydrogen) atoms. The van der Waals surface area contributed by atoms with Gasteiger partial charge in [-0.2, -0.15) is 0 Å². The second kappa shape index (κ2) is 9.56. The smallest absolute Gasteiger partial charge is 0.144 e. The van der Waals surface area contributed by atoms with E-state index in [1.807, 2.05) is 0 Å². The third kappa shape index (κ3) is 8.60. The van der Waals surface area contributed by atoms with Gasteiger partial charge < -0.3 is 0 Å². The van der Waals surface area contributed by atoms with Crippen LogP contribution in [0.2, 0.25) is 10.6 Å². The first-order valence-corrected chi connectivity index (χ1v) is 8.34. The van der Waals surface area contributed by atoms with Gasteiger partial charge in [-0.3, -0.25) is 0 Å². The summed E-state index contributed by atoms with van der Waals surface area (Å²) >= 11 is -0.567. The minimum atomic E-state index is -0.567. The van der Waals surface area contributed by atoms with E-state index >= 15 is 0 Å². The highest BCUT2D eigenvalue weighted by Gasteiger charge is 2.11. The molecule has 0 aromatic carbocycles. The highest BCUT2D eigenvalue weighted by molar-refractivity contribution is 6.64. The first kappa shape index (κ1) is 14.0. The van der Waals surface area contributed by atoms with Crippen molar-refractivity contribution in [3.8, 4) is 0 Å². The van der Waals surface area contributed by atoms with Crippen LogP contribution in [0.25, 0.3) is 0 Å². The van der Waals surface area contributed by atoms with Crippen LogP contribution in [0.1, 0.15) is 46.5 Å². The van der Waals surface area contributed by atoms with Crippen molar-refractivity contribution in [2.45, 2.75) is 57.0 Å². The fourth-order valence-electron chi connectivity index (χ4n) is 1.57. The van der Waals surface area contributed by atoms with E-state index in [-0.39, 0.29) is 0 Å². The van der Waals surface area contributed by atoms with Crippen molar-refractivity contribution in [3.05, 3.63) is 23.2 Å². The Balaban J connectivity index is 3.89. The lowest BCUT2D eigenvalue weighted by atomic mass is 10.4. The molecule has 0 saturated heterocycles. The maximum absolute atomic E-state index is 3.92. The Bertz CT molecular complexity index is 162. The number of allylic oxidation sites excluding steroid dienone is 2. The van der Waals surface area contributed by atoms with Gasteiger partial charge in [0.15, 0.2) is 0 Å². The molecular formula is C13H25Al. The summed E-state index contributed by atoms with van der Waals surface area (Å²) in [5, 5.41) is 2.97. The summed E-state index contributed by atoms with van der Waals surface area (Å²) in [5.41, 5.74) is 1.20. The van der Waals surface area contributed by atoms with Crippen LogP contribution in [0, 0.1) is 0 Å². The molecule has 0 aliphatic carbocycles.